The zero-order valence-electron chi connectivity index (χ0n) is 10.0. The Balaban J connectivity index is 1.78. The minimum absolute atomic E-state index is 0.235. The zero-order valence-corrected chi connectivity index (χ0v) is 10.0. The van der Waals surface area contributed by atoms with E-state index in [2.05, 4.69) is 9.88 Å². The molecule has 0 aliphatic carbocycles. The van der Waals surface area contributed by atoms with E-state index in [0.717, 1.165) is 31.6 Å². The minimum Gasteiger partial charge on any atom is -0.328 e. The molecule has 0 unspecified atom stereocenters. The van der Waals surface area contributed by atoms with Crippen LogP contribution < -0.4 is 5.73 Å². The maximum absolute atomic E-state index is 11.8. The highest BCUT2D eigenvalue weighted by atomic mass is 16.1. The molecule has 2 N–H and O–H groups in total. The van der Waals surface area contributed by atoms with E-state index >= 15 is 0 Å². The van der Waals surface area contributed by atoms with Crippen LogP contribution in [0, 0.1) is 0 Å². The number of aromatic nitrogens is 1. The van der Waals surface area contributed by atoms with Gasteiger partial charge in [-0.15, -0.1) is 0 Å². The average Bonchev–Trinajstić information content (AvgIpc) is 2.33. The predicted molar refractivity (Wildman–Crippen MR) is 66.6 cm³/mol. The number of ketones is 1. The van der Waals surface area contributed by atoms with Crippen molar-refractivity contribution in [2.45, 2.75) is 25.3 Å². The molecule has 1 aliphatic rings. The molecule has 0 aromatic carbocycles. The van der Waals surface area contributed by atoms with Gasteiger partial charge in [-0.3, -0.25) is 14.7 Å². The fourth-order valence-electron chi connectivity index (χ4n) is 2.12. The van der Waals surface area contributed by atoms with Gasteiger partial charge in [0.2, 0.25) is 0 Å². The van der Waals surface area contributed by atoms with Gasteiger partial charge in [-0.25, -0.2) is 0 Å². The van der Waals surface area contributed by atoms with Gasteiger partial charge < -0.3 is 5.73 Å². The maximum Gasteiger partial charge on any atom is 0.152 e. The third-order valence-electron chi connectivity index (χ3n) is 3.14. The molecule has 4 nitrogen and oxygen atoms in total. The van der Waals surface area contributed by atoms with E-state index in [1.54, 1.807) is 6.20 Å². The number of hydrogen-bond donors (Lipinski definition) is 1. The molecule has 1 aliphatic heterocycles. The predicted octanol–water partition coefficient (Wildman–Crippen LogP) is 0.616. The molecule has 0 spiro atoms. The number of rotatable bonds is 4. The van der Waals surface area contributed by atoms with E-state index in [1.807, 2.05) is 18.2 Å². The van der Waals surface area contributed by atoms with E-state index in [9.17, 15) is 4.79 Å². The Kier molecular flexibility index (Phi) is 4.23. The molecule has 0 saturated carbocycles. The van der Waals surface area contributed by atoms with Crippen LogP contribution in [0.5, 0.6) is 0 Å². The number of carbonyl (C=O) groups is 1. The SMILES string of the molecule is NC1CCN(CC(=O)Cc2ccccn2)CC1. The van der Waals surface area contributed by atoms with Gasteiger partial charge >= 0.3 is 0 Å². The Bertz CT molecular complexity index is 358. The topological polar surface area (TPSA) is 59.2 Å². The molecular formula is C13H19N3O. The second-order valence-electron chi connectivity index (χ2n) is 4.65. The number of nitrogens with two attached hydrogens (primary N) is 1. The van der Waals surface area contributed by atoms with Crippen molar-refractivity contribution >= 4 is 5.78 Å². The summed E-state index contributed by atoms with van der Waals surface area (Å²) in [7, 11) is 0. The molecule has 1 aromatic rings. The van der Waals surface area contributed by atoms with Gasteiger partial charge in [0.15, 0.2) is 5.78 Å². The van der Waals surface area contributed by atoms with E-state index < -0.39 is 0 Å². The van der Waals surface area contributed by atoms with Gasteiger partial charge in [-0.1, -0.05) is 6.07 Å². The lowest BCUT2D eigenvalue weighted by Crippen LogP contribution is -2.42. The van der Waals surface area contributed by atoms with E-state index in [1.165, 1.54) is 0 Å². The molecule has 2 rings (SSSR count). The number of carbonyl (C=O) groups excluding carboxylic acids is 1. The molecule has 0 bridgehead atoms. The lowest BCUT2D eigenvalue weighted by Gasteiger charge is -2.29. The largest absolute Gasteiger partial charge is 0.328 e. The summed E-state index contributed by atoms with van der Waals surface area (Å²) in [5, 5.41) is 0. The summed E-state index contributed by atoms with van der Waals surface area (Å²) in [6.45, 7) is 2.41. The molecule has 0 radical (unpaired) electrons. The van der Waals surface area contributed by atoms with Crippen LogP contribution in [-0.4, -0.2) is 41.3 Å². The minimum atomic E-state index is 0.235. The highest BCUT2D eigenvalue weighted by molar-refractivity contribution is 5.82. The van der Waals surface area contributed by atoms with Crippen LogP contribution in [0.2, 0.25) is 0 Å². The summed E-state index contributed by atoms with van der Waals surface area (Å²) in [6.07, 6.45) is 4.15. The lowest BCUT2D eigenvalue weighted by atomic mass is 10.1. The molecule has 1 aromatic heterocycles. The van der Waals surface area contributed by atoms with E-state index in [-0.39, 0.29) is 5.78 Å². The van der Waals surface area contributed by atoms with Crippen LogP contribution >= 0.6 is 0 Å². The summed E-state index contributed by atoms with van der Waals surface area (Å²) in [6, 6.07) is 5.98. The molecule has 1 saturated heterocycles. The molecule has 1 fully saturated rings. The van der Waals surface area contributed by atoms with Crippen molar-refractivity contribution in [2.24, 2.45) is 5.73 Å². The lowest BCUT2D eigenvalue weighted by molar-refractivity contribution is -0.119. The number of hydrogen-bond acceptors (Lipinski definition) is 4. The smallest absolute Gasteiger partial charge is 0.152 e. The summed E-state index contributed by atoms with van der Waals surface area (Å²) < 4.78 is 0. The Morgan fingerprint density at radius 2 is 2.18 bits per heavy atom. The van der Waals surface area contributed by atoms with Crippen LogP contribution in [0.25, 0.3) is 0 Å². The third-order valence-corrected chi connectivity index (χ3v) is 3.14. The first-order valence-corrected chi connectivity index (χ1v) is 6.13. The average molecular weight is 233 g/mol. The molecular weight excluding hydrogens is 214 g/mol. The Morgan fingerprint density at radius 1 is 1.41 bits per heavy atom. The maximum atomic E-state index is 11.8. The van der Waals surface area contributed by atoms with Crippen molar-refractivity contribution in [2.75, 3.05) is 19.6 Å². The molecule has 92 valence electrons. The molecule has 17 heavy (non-hydrogen) atoms. The van der Waals surface area contributed by atoms with Crippen molar-refractivity contribution in [3.05, 3.63) is 30.1 Å². The number of piperidine rings is 1. The number of nitrogens with zero attached hydrogens (tertiary/aromatic N) is 2. The van der Waals surface area contributed by atoms with E-state index in [0.29, 0.717) is 19.0 Å². The van der Waals surface area contributed by atoms with Crippen molar-refractivity contribution in [1.29, 1.82) is 0 Å². The van der Waals surface area contributed by atoms with Crippen LogP contribution in [-0.2, 0) is 11.2 Å². The van der Waals surface area contributed by atoms with Gasteiger partial charge in [0.25, 0.3) is 0 Å². The van der Waals surface area contributed by atoms with Gasteiger partial charge in [-0.2, -0.15) is 0 Å². The van der Waals surface area contributed by atoms with Crippen molar-refractivity contribution < 1.29 is 4.79 Å². The fraction of sp³-hybridized carbons (Fsp3) is 0.538. The van der Waals surface area contributed by atoms with Crippen molar-refractivity contribution in [3.63, 3.8) is 0 Å². The molecule has 0 amide bonds. The molecule has 0 atom stereocenters. The fourth-order valence-corrected chi connectivity index (χ4v) is 2.12. The van der Waals surface area contributed by atoms with Crippen molar-refractivity contribution in [3.8, 4) is 0 Å². The number of pyridine rings is 1. The normalized spacial score (nSPS) is 18.2. The first-order valence-electron chi connectivity index (χ1n) is 6.13. The Morgan fingerprint density at radius 3 is 2.82 bits per heavy atom. The molecule has 4 heteroatoms. The number of likely N-dealkylation sites (tertiary alicyclic amines) is 1. The second kappa shape index (κ2) is 5.89. The van der Waals surface area contributed by atoms with Crippen LogP contribution in [0.4, 0.5) is 0 Å². The summed E-state index contributed by atoms with van der Waals surface area (Å²) in [5.41, 5.74) is 6.68. The van der Waals surface area contributed by atoms with Gasteiger partial charge in [0, 0.05) is 31.0 Å². The summed E-state index contributed by atoms with van der Waals surface area (Å²) in [5.74, 6) is 0.235. The Labute approximate surface area is 102 Å². The monoisotopic (exact) mass is 233 g/mol. The standard InChI is InChI=1S/C13H19N3O/c14-11-4-7-16(8-5-11)10-13(17)9-12-3-1-2-6-15-12/h1-3,6,11H,4-5,7-10,14H2. The van der Waals surface area contributed by atoms with Crippen LogP contribution in [0.3, 0.4) is 0 Å². The zero-order chi connectivity index (χ0) is 12.1. The van der Waals surface area contributed by atoms with Crippen LogP contribution in [0.1, 0.15) is 18.5 Å². The second-order valence-corrected chi connectivity index (χ2v) is 4.65. The van der Waals surface area contributed by atoms with Gasteiger partial charge in [0.05, 0.1) is 13.0 Å². The third kappa shape index (κ3) is 3.91. The quantitative estimate of drug-likeness (QED) is 0.828. The van der Waals surface area contributed by atoms with E-state index in [4.69, 9.17) is 5.73 Å². The van der Waals surface area contributed by atoms with Gasteiger partial charge in [0.1, 0.15) is 0 Å². The number of Topliss-reactive ketones (excluding diaryl/α,β-unsaturated/α-hetero) is 1. The molecule has 2 heterocycles. The first-order chi connectivity index (χ1) is 8.24. The first kappa shape index (κ1) is 12.2. The van der Waals surface area contributed by atoms with Crippen LogP contribution in [0.15, 0.2) is 24.4 Å². The summed E-state index contributed by atoms with van der Waals surface area (Å²) in [4.78, 5) is 18.2. The summed E-state index contributed by atoms with van der Waals surface area (Å²) >= 11 is 0. The Hall–Kier alpha value is -1.26. The highest BCUT2D eigenvalue weighted by Gasteiger charge is 2.18. The van der Waals surface area contributed by atoms with Gasteiger partial charge in [-0.05, 0) is 25.0 Å². The van der Waals surface area contributed by atoms with Crippen molar-refractivity contribution in [1.82, 2.24) is 9.88 Å². The highest BCUT2D eigenvalue weighted by Crippen LogP contribution is 2.08.